The Labute approximate surface area is 120 Å². The number of amides is 1. The van der Waals surface area contributed by atoms with E-state index in [1.165, 1.54) is 0 Å². The molecule has 0 fully saturated rings. The van der Waals surface area contributed by atoms with E-state index in [1.54, 1.807) is 23.8 Å². The van der Waals surface area contributed by atoms with Crippen molar-refractivity contribution in [3.63, 3.8) is 0 Å². The highest BCUT2D eigenvalue weighted by Gasteiger charge is 2.25. The van der Waals surface area contributed by atoms with Crippen molar-refractivity contribution in [1.29, 1.82) is 0 Å². The molecule has 3 nitrogen and oxygen atoms in total. The fourth-order valence-electron chi connectivity index (χ4n) is 1.96. The summed E-state index contributed by atoms with van der Waals surface area (Å²) in [7, 11) is 0. The molecule has 0 aliphatic carbocycles. The SMILES string of the molecule is Cc1cccc[n+]1[C@H](C)C(=O)Nc1ccc(F)c(F)c1F. The van der Waals surface area contributed by atoms with Crippen LogP contribution in [0.25, 0.3) is 0 Å². The van der Waals surface area contributed by atoms with Crippen LogP contribution in [0.5, 0.6) is 0 Å². The van der Waals surface area contributed by atoms with Crippen molar-refractivity contribution in [3.05, 3.63) is 59.7 Å². The standard InChI is InChI=1S/C15H13F3N2O/c1-9-5-3-4-8-20(9)10(2)15(21)19-12-7-6-11(16)13(17)14(12)18/h3-8,10H,1-2H3/p+1/t10-/m1/s1. The van der Waals surface area contributed by atoms with Gasteiger partial charge in [-0.1, -0.05) is 6.07 Å². The molecular weight excluding hydrogens is 281 g/mol. The minimum absolute atomic E-state index is 0.389. The van der Waals surface area contributed by atoms with Crippen LogP contribution in [-0.4, -0.2) is 5.91 Å². The van der Waals surface area contributed by atoms with Crippen molar-refractivity contribution in [2.45, 2.75) is 19.9 Å². The molecule has 21 heavy (non-hydrogen) atoms. The largest absolute Gasteiger partial charge is 0.318 e. The average Bonchev–Trinajstić information content (AvgIpc) is 2.47. The van der Waals surface area contributed by atoms with Gasteiger partial charge in [0.05, 0.1) is 5.69 Å². The Morgan fingerprint density at radius 2 is 1.86 bits per heavy atom. The molecule has 0 saturated heterocycles. The second kappa shape index (κ2) is 5.95. The summed E-state index contributed by atoms with van der Waals surface area (Å²) in [5.41, 5.74) is 0.450. The Bertz CT molecular complexity index is 689. The predicted molar refractivity (Wildman–Crippen MR) is 71.0 cm³/mol. The summed E-state index contributed by atoms with van der Waals surface area (Å²) < 4.78 is 41.2. The van der Waals surface area contributed by atoms with Crippen molar-refractivity contribution in [2.24, 2.45) is 0 Å². The quantitative estimate of drug-likeness (QED) is 0.685. The molecule has 1 N–H and O–H groups in total. The Hall–Kier alpha value is -2.37. The third-order valence-electron chi connectivity index (χ3n) is 3.19. The number of anilines is 1. The number of aryl methyl sites for hydroxylation is 1. The van der Waals surface area contributed by atoms with Gasteiger partial charge in [0.1, 0.15) is 0 Å². The summed E-state index contributed by atoms with van der Waals surface area (Å²) in [5, 5.41) is 2.26. The Morgan fingerprint density at radius 1 is 1.14 bits per heavy atom. The van der Waals surface area contributed by atoms with E-state index in [0.717, 1.165) is 17.8 Å². The molecule has 0 aliphatic rings. The zero-order valence-corrected chi connectivity index (χ0v) is 11.5. The molecule has 1 aromatic carbocycles. The van der Waals surface area contributed by atoms with E-state index >= 15 is 0 Å². The molecule has 1 heterocycles. The normalized spacial score (nSPS) is 12.0. The Balaban J connectivity index is 2.23. The Kier molecular flexibility index (Phi) is 4.26. The van der Waals surface area contributed by atoms with Crippen LogP contribution in [0.1, 0.15) is 18.7 Å². The molecule has 0 spiro atoms. The molecule has 6 heteroatoms. The van der Waals surface area contributed by atoms with Crippen molar-refractivity contribution in [1.82, 2.24) is 0 Å². The van der Waals surface area contributed by atoms with Crippen LogP contribution < -0.4 is 9.88 Å². The predicted octanol–water partition coefficient (Wildman–Crippen LogP) is 2.90. The molecular formula is C15H14F3N2O+. The average molecular weight is 295 g/mol. The van der Waals surface area contributed by atoms with Gasteiger partial charge >= 0.3 is 0 Å². The molecule has 1 atom stereocenters. The van der Waals surface area contributed by atoms with Gasteiger partial charge < -0.3 is 5.32 Å². The molecule has 2 rings (SSSR count). The van der Waals surface area contributed by atoms with Gasteiger partial charge in [0.25, 0.3) is 5.91 Å². The number of hydrogen-bond acceptors (Lipinski definition) is 1. The summed E-state index contributed by atoms with van der Waals surface area (Å²) in [6.07, 6.45) is 1.71. The summed E-state index contributed by atoms with van der Waals surface area (Å²) >= 11 is 0. The topological polar surface area (TPSA) is 33.0 Å². The zero-order valence-electron chi connectivity index (χ0n) is 11.5. The van der Waals surface area contributed by atoms with E-state index < -0.39 is 29.4 Å². The minimum atomic E-state index is -1.61. The summed E-state index contributed by atoms with van der Waals surface area (Å²) in [5.74, 6) is -4.85. The van der Waals surface area contributed by atoms with Crippen molar-refractivity contribution < 1.29 is 22.5 Å². The van der Waals surface area contributed by atoms with Crippen molar-refractivity contribution in [2.75, 3.05) is 5.32 Å². The van der Waals surface area contributed by atoms with Crippen LogP contribution in [0.3, 0.4) is 0 Å². The summed E-state index contributed by atoms with van der Waals surface area (Å²) in [4.78, 5) is 12.1. The number of carbonyl (C=O) groups is 1. The van der Waals surface area contributed by atoms with Crippen LogP contribution >= 0.6 is 0 Å². The number of halogens is 3. The maximum Gasteiger partial charge on any atom is 0.293 e. The van der Waals surface area contributed by atoms with Crippen LogP contribution in [0.2, 0.25) is 0 Å². The summed E-state index contributed by atoms with van der Waals surface area (Å²) in [6, 6.07) is 6.53. The molecule has 110 valence electrons. The van der Waals surface area contributed by atoms with Gasteiger partial charge in [-0.2, -0.15) is 4.57 Å². The number of hydrogen-bond donors (Lipinski definition) is 1. The van der Waals surface area contributed by atoms with E-state index in [0.29, 0.717) is 0 Å². The first-order chi connectivity index (χ1) is 9.91. The fraction of sp³-hybridized carbons (Fsp3) is 0.200. The highest BCUT2D eigenvalue weighted by Crippen LogP contribution is 2.20. The highest BCUT2D eigenvalue weighted by atomic mass is 19.2. The van der Waals surface area contributed by atoms with Crippen LogP contribution in [0.4, 0.5) is 18.9 Å². The van der Waals surface area contributed by atoms with Crippen LogP contribution in [0.15, 0.2) is 36.5 Å². The lowest BCUT2D eigenvalue weighted by molar-refractivity contribution is -0.711. The van der Waals surface area contributed by atoms with E-state index in [-0.39, 0.29) is 5.69 Å². The highest BCUT2D eigenvalue weighted by molar-refractivity contribution is 5.92. The zero-order chi connectivity index (χ0) is 15.6. The van der Waals surface area contributed by atoms with Gasteiger partial charge in [-0.15, -0.1) is 0 Å². The molecule has 1 amide bonds. The third kappa shape index (κ3) is 3.04. The monoisotopic (exact) mass is 295 g/mol. The number of benzene rings is 1. The second-order valence-corrected chi connectivity index (χ2v) is 4.64. The number of nitrogens with zero attached hydrogens (tertiary/aromatic N) is 1. The molecule has 0 unspecified atom stereocenters. The van der Waals surface area contributed by atoms with Gasteiger partial charge in [-0.3, -0.25) is 4.79 Å². The first kappa shape index (κ1) is 15.0. The van der Waals surface area contributed by atoms with Gasteiger partial charge in [-0.05, 0) is 12.1 Å². The second-order valence-electron chi connectivity index (χ2n) is 4.64. The van der Waals surface area contributed by atoms with Gasteiger partial charge in [0, 0.05) is 26.0 Å². The van der Waals surface area contributed by atoms with Crippen molar-refractivity contribution >= 4 is 11.6 Å². The van der Waals surface area contributed by atoms with Gasteiger partial charge in [0.15, 0.2) is 29.3 Å². The molecule has 0 bridgehead atoms. The summed E-state index contributed by atoms with van der Waals surface area (Å²) in [6.45, 7) is 3.45. The first-order valence-corrected chi connectivity index (χ1v) is 6.33. The lowest BCUT2D eigenvalue weighted by Gasteiger charge is -2.11. The minimum Gasteiger partial charge on any atom is -0.318 e. The van der Waals surface area contributed by atoms with Crippen LogP contribution in [-0.2, 0) is 4.79 Å². The number of carbonyl (C=O) groups excluding carboxylic acids is 1. The van der Waals surface area contributed by atoms with E-state index in [1.807, 2.05) is 19.1 Å². The van der Waals surface area contributed by atoms with E-state index in [4.69, 9.17) is 0 Å². The smallest absolute Gasteiger partial charge is 0.293 e. The van der Waals surface area contributed by atoms with E-state index in [9.17, 15) is 18.0 Å². The lowest BCUT2D eigenvalue weighted by atomic mass is 10.2. The molecule has 1 aromatic heterocycles. The van der Waals surface area contributed by atoms with Crippen LogP contribution in [0, 0.1) is 24.4 Å². The maximum absolute atomic E-state index is 13.5. The van der Waals surface area contributed by atoms with E-state index in [2.05, 4.69) is 5.32 Å². The number of pyridine rings is 1. The van der Waals surface area contributed by atoms with Crippen molar-refractivity contribution in [3.8, 4) is 0 Å². The molecule has 0 aliphatic heterocycles. The number of aromatic nitrogens is 1. The third-order valence-corrected chi connectivity index (χ3v) is 3.19. The van der Waals surface area contributed by atoms with Gasteiger partial charge in [-0.25, -0.2) is 13.2 Å². The maximum atomic E-state index is 13.5. The molecule has 0 radical (unpaired) electrons. The first-order valence-electron chi connectivity index (χ1n) is 6.33. The fourth-order valence-corrected chi connectivity index (χ4v) is 1.96. The van der Waals surface area contributed by atoms with Gasteiger partial charge in [0.2, 0.25) is 6.04 Å². The Morgan fingerprint density at radius 3 is 2.52 bits per heavy atom. The number of rotatable bonds is 3. The lowest BCUT2D eigenvalue weighted by Crippen LogP contribution is -2.46. The molecule has 2 aromatic rings. The molecule has 0 saturated carbocycles. The number of nitrogens with one attached hydrogen (secondary N) is 1.